The first kappa shape index (κ1) is 15.9. The Labute approximate surface area is 130 Å². The quantitative estimate of drug-likeness (QED) is 0.398. The van der Waals surface area contributed by atoms with E-state index < -0.39 is 0 Å². The first-order chi connectivity index (χ1) is 10.7. The predicted molar refractivity (Wildman–Crippen MR) is 77.5 cm³/mol. The number of carbonyl (C=O) groups is 1. The number of epoxide rings is 3. The van der Waals surface area contributed by atoms with Gasteiger partial charge in [-0.2, -0.15) is 0 Å². The summed E-state index contributed by atoms with van der Waals surface area (Å²) in [7, 11) is 0. The topological polar surface area (TPSA) is 73.1 Å². The molecule has 6 nitrogen and oxygen atoms in total. The van der Waals surface area contributed by atoms with Crippen molar-refractivity contribution in [1.82, 2.24) is 0 Å². The summed E-state index contributed by atoms with van der Waals surface area (Å²) in [4.78, 5) is 10.8. The second-order valence-electron chi connectivity index (χ2n) is 6.17. The van der Waals surface area contributed by atoms with Gasteiger partial charge in [0.2, 0.25) is 0 Å². The van der Waals surface area contributed by atoms with E-state index in [2.05, 4.69) is 6.58 Å². The normalized spacial score (nSPS) is 37.2. The van der Waals surface area contributed by atoms with Crippen LogP contribution >= 0.6 is 0 Å². The molecule has 5 atom stereocenters. The van der Waals surface area contributed by atoms with Gasteiger partial charge in [-0.25, -0.2) is 4.79 Å². The molecule has 6 heteroatoms. The van der Waals surface area contributed by atoms with E-state index in [1.807, 2.05) is 0 Å². The van der Waals surface area contributed by atoms with Gasteiger partial charge in [-0.05, 0) is 25.2 Å². The molecule has 1 saturated carbocycles. The van der Waals surface area contributed by atoms with E-state index in [1.54, 1.807) is 0 Å². The van der Waals surface area contributed by atoms with E-state index in [-0.39, 0.29) is 5.97 Å². The van der Waals surface area contributed by atoms with E-state index in [1.165, 1.54) is 6.08 Å². The van der Waals surface area contributed by atoms with Crippen molar-refractivity contribution >= 4 is 5.97 Å². The predicted octanol–water partition coefficient (Wildman–Crippen LogP) is 1.08. The van der Waals surface area contributed by atoms with Crippen molar-refractivity contribution in [3.8, 4) is 0 Å². The number of carbonyl (C=O) groups excluding carboxylic acids is 1. The lowest BCUT2D eigenvalue weighted by Gasteiger charge is -2.17. The number of ether oxygens (including phenoxy) is 5. The minimum Gasteiger partial charge on any atom is -0.462 e. The average Bonchev–Trinajstić information content (AvgIpc) is 3.37. The lowest BCUT2D eigenvalue weighted by atomic mass is 9.90. The molecule has 0 aromatic rings. The van der Waals surface area contributed by atoms with Gasteiger partial charge in [0, 0.05) is 6.08 Å². The van der Waals surface area contributed by atoms with Crippen LogP contribution in [0.2, 0.25) is 0 Å². The zero-order valence-corrected chi connectivity index (χ0v) is 12.8. The summed E-state index contributed by atoms with van der Waals surface area (Å²) >= 11 is 0. The summed E-state index contributed by atoms with van der Waals surface area (Å²) in [5.74, 6) is 0.173. The van der Waals surface area contributed by atoms with Crippen LogP contribution in [0.1, 0.15) is 19.3 Å². The number of hydrogen-bond donors (Lipinski definition) is 0. The molecule has 0 N–H and O–H groups in total. The lowest BCUT2D eigenvalue weighted by molar-refractivity contribution is -0.139. The molecular formula is C16H24O6. The van der Waals surface area contributed by atoms with Gasteiger partial charge in [-0.15, -0.1) is 0 Å². The van der Waals surface area contributed by atoms with Gasteiger partial charge in [0.15, 0.2) is 0 Å². The third kappa shape index (κ3) is 5.68. The summed E-state index contributed by atoms with van der Waals surface area (Å²) in [6, 6.07) is 0. The molecule has 0 bridgehead atoms. The molecule has 0 aromatic heterocycles. The minimum atomic E-state index is -0.321. The highest BCUT2D eigenvalue weighted by molar-refractivity contribution is 5.81. The molecule has 22 heavy (non-hydrogen) atoms. The van der Waals surface area contributed by atoms with Crippen LogP contribution in [0, 0.1) is 5.92 Å². The molecular weight excluding hydrogens is 288 g/mol. The molecule has 3 saturated heterocycles. The molecule has 5 unspecified atom stereocenters. The second-order valence-corrected chi connectivity index (χ2v) is 6.17. The highest BCUT2D eigenvalue weighted by Crippen LogP contribution is 2.39. The maximum absolute atomic E-state index is 10.8. The molecule has 3 aliphatic heterocycles. The highest BCUT2D eigenvalue weighted by atomic mass is 16.6. The molecule has 0 spiro atoms. The summed E-state index contributed by atoms with van der Waals surface area (Å²) in [6.45, 7) is 7.13. The van der Waals surface area contributed by atoms with Gasteiger partial charge >= 0.3 is 5.97 Å². The average molecular weight is 312 g/mol. The fourth-order valence-electron chi connectivity index (χ4n) is 2.56. The van der Waals surface area contributed by atoms with Gasteiger partial charge < -0.3 is 23.7 Å². The van der Waals surface area contributed by atoms with Crippen LogP contribution in [-0.2, 0) is 28.5 Å². The van der Waals surface area contributed by atoms with Gasteiger partial charge in [-0.3, -0.25) is 0 Å². The Morgan fingerprint density at radius 2 is 1.77 bits per heavy atom. The third-order valence-electron chi connectivity index (χ3n) is 4.15. The van der Waals surface area contributed by atoms with Crippen molar-refractivity contribution in [3.05, 3.63) is 12.7 Å². The van der Waals surface area contributed by atoms with Gasteiger partial charge in [0.05, 0.1) is 45.2 Å². The van der Waals surface area contributed by atoms with Crippen LogP contribution in [0.15, 0.2) is 12.7 Å². The van der Waals surface area contributed by atoms with E-state index in [0.717, 1.165) is 45.7 Å². The van der Waals surface area contributed by atoms with Crippen molar-refractivity contribution < 1.29 is 28.5 Å². The summed E-state index contributed by atoms with van der Waals surface area (Å²) in [5, 5.41) is 0. The summed E-state index contributed by atoms with van der Waals surface area (Å²) < 4.78 is 25.5. The Balaban J connectivity index is 0.000000139. The fraction of sp³-hybridized carbons (Fsp3) is 0.812. The smallest absolute Gasteiger partial charge is 0.330 e. The van der Waals surface area contributed by atoms with Crippen LogP contribution < -0.4 is 0 Å². The monoisotopic (exact) mass is 312 g/mol. The number of rotatable bonds is 7. The Kier molecular flexibility index (Phi) is 5.46. The van der Waals surface area contributed by atoms with Crippen molar-refractivity contribution in [3.63, 3.8) is 0 Å². The van der Waals surface area contributed by atoms with Crippen LogP contribution in [-0.4, -0.2) is 63.4 Å². The van der Waals surface area contributed by atoms with Crippen LogP contribution in [0.3, 0.4) is 0 Å². The molecule has 124 valence electrons. The standard InChI is InChI=1S/C10H14O3.C6H10O3/c1-2-10(11)12-6-7-3-4-8-9(5-7)13-8;1(5-3-8-5)7-2-6-4-9-6/h2,7-9H,1,3-6H2;5-6H,1-4H2. The molecule has 4 rings (SSSR count). The number of fused-ring (bicyclic) bond motifs is 1. The molecule has 0 amide bonds. The molecule has 4 aliphatic rings. The first-order valence-corrected chi connectivity index (χ1v) is 8.00. The number of esters is 1. The summed E-state index contributed by atoms with van der Waals surface area (Å²) in [6.07, 6.45) is 6.26. The Bertz CT molecular complexity index is 378. The minimum absolute atomic E-state index is 0.321. The fourth-order valence-corrected chi connectivity index (χ4v) is 2.56. The molecule has 0 aromatic carbocycles. The van der Waals surface area contributed by atoms with Crippen molar-refractivity contribution in [2.24, 2.45) is 5.92 Å². The van der Waals surface area contributed by atoms with Crippen LogP contribution in [0.4, 0.5) is 0 Å². The second kappa shape index (κ2) is 7.55. The zero-order valence-electron chi connectivity index (χ0n) is 12.8. The van der Waals surface area contributed by atoms with Gasteiger partial charge in [-0.1, -0.05) is 6.58 Å². The van der Waals surface area contributed by atoms with Gasteiger partial charge in [0.25, 0.3) is 0 Å². The third-order valence-corrected chi connectivity index (χ3v) is 4.15. The Hall–Kier alpha value is -0.950. The first-order valence-electron chi connectivity index (χ1n) is 8.00. The maximum atomic E-state index is 10.8. The largest absolute Gasteiger partial charge is 0.462 e. The van der Waals surface area contributed by atoms with Crippen LogP contribution in [0.5, 0.6) is 0 Å². The summed E-state index contributed by atoms with van der Waals surface area (Å²) in [5.41, 5.74) is 0. The molecule has 3 heterocycles. The molecule has 0 radical (unpaired) electrons. The Morgan fingerprint density at radius 3 is 2.32 bits per heavy atom. The lowest BCUT2D eigenvalue weighted by Crippen LogP contribution is -2.19. The van der Waals surface area contributed by atoms with E-state index in [9.17, 15) is 4.79 Å². The maximum Gasteiger partial charge on any atom is 0.330 e. The van der Waals surface area contributed by atoms with Crippen molar-refractivity contribution in [2.75, 3.05) is 33.0 Å². The van der Waals surface area contributed by atoms with Gasteiger partial charge in [0.1, 0.15) is 12.2 Å². The Morgan fingerprint density at radius 1 is 1.09 bits per heavy atom. The highest BCUT2D eigenvalue weighted by Gasteiger charge is 2.43. The van der Waals surface area contributed by atoms with E-state index >= 15 is 0 Å². The van der Waals surface area contributed by atoms with E-state index in [4.69, 9.17) is 23.7 Å². The van der Waals surface area contributed by atoms with Crippen molar-refractivity contribution in [2.45, 2.75) is 43.7 Å². The molecule has 4 fully saturated rings. The SMILES string of the molecule is C(OCC1CO1)C1CO1.C=CC(=O)OCC1CCC2OC2C1. The zero-order chi connectivity index (χ0) is 15.4. The number of hydrogen-bond acceptors (Lipinski definition) is 6. The van der Waals surface area contributed by atoms with E-state index in [0.29, 0.717) is 36.9 Å². The van der Waals surface area contributed by atoms with Crippen LogP contribution in [0.25, 0.3) is 0 Å². The van der Waals surface area contributed by atoms with Crippen molar-refractivity contribution in [1.29, 1.82) is 0 Å². The molecule has 1 aliphatic carbocycles.